The zero-order valence-electron chi connectivity index (χ0n) is 12.7. The molecule has 1 aromatic rings. The molecule has 114 valence electrons. The van der Waals surface area contributed by atoms with Gasteiger partial charge in [0.25, 0.3) is 0 Å². The second-order valence-corrected chi connectivity index (χ2v) is 5.36. The van der Waals surface area contributed by atoms with Crippen molar-refractivity contribution >= 4 is 11.9 Å². The Labute approximate surface area is 124 Å². The highest BCUT2D eigenvalue weighted by Gasteiger charge is 2.51. The van der Waals surface area contributed by atoms with Crippen LogP contribution in [-0.4, -0.2) is 35.5 Å². The number of fused-ring (bicyclic) bond motifs is 1. The topological polar surface area (TPSA) is 66.8 Å². The van der Waals surface area contributed by atoms with E-state index in [1.807, 2.05) is 19.1 Å². The highest BCUT2D eigenvalue weighted by atomic mass is 16.5. The fourth-order valence-electron chi connectivity index (χ4n) is 3.19. The first-order valence-electron chi connectivity index (χ1n) is 7.16. The number of carboxylic acids is 1. The molecule has 1 atom stereocenters. The van der Waals surface area contributed by atoms with Crippen molar-refractivity contribution in [2.24, 2.45) is 0 Å². The minimum absolute atomic E-state index is 0.213. The molecule has 2 rings (SSSR count). The molecule has 1 aliphatic carbocycles. The molecule has 1 aromatic carbocycles. The summed E-state index contributed by atoms with van der Waals surface area (Å²) in [5.41, 5.74) is 0.379. The van der Waals surface area contributed by atoms with Crippen molar-refractivity contribution in [1.29, 1.82) is 0 Å². The van der Waals surface area contributed by atoms with E-state index in [0.29, 0.717) is 37.1 Å². The number of ether oxygens (including phenoxy) is 1. The second kappa shape index (κ2) is 5.76. The summed E-state index contributed by atoms with van der Waals surface area (Å²) in [4.78, 5) is 25.6. The monoisotopic (exact) mass is 291 g/mol. The number of nitrogens with zero attached hydrogens (tertiary/aromatic N) is 1. The summed E-state index contributed by atoms with van der Waals surface area (Å²) in [5.74, 6) is -0.575. The van der Waals surface area contributed by atoms with E-state index < -0.39 is 11.5 Å². The summed E-state index contributed by atoms with van der Waals surface area (Å²) in [6.07, 6.45) is 1.78. The van der Waals surface area contributed by atoms with E-state index >= 15 is 0 Å². The van der Waals surface area contributed by atoms with Crippen molar-refractivity contribution in [3.8, 4) is 5.75 Å². The molecular formula is C16H21NO4. The first-order valence-corrected chi connectivity index (χ1v) is 7.16. The molecule has 0 radical (unpaired) electrons. The Morgan fingerprint density at radius 3 is 2.67 bits per heavy atom. The van der Waals surface area contributed by atoms with E-state index in [0.717, 1.165) is 5.56 Å². The van der Waals surface area contributed by atoms with Crippen LogP contribution in [0.1, 0.15) is 37.8 Å². The number of carbonyl (C=O) groups is 2. The number of hydrogen-bond acceptors (Lipinski definition) is 3. The Balaban J connectivity index is 2.61. The molecule has 1 unspecified atom stereocenters. The molecule has 0 saturated carbocycles. The first kappa shape index (κ1) is 15.4. The third kappa shape index (κ3) is 2.37. The predicted molar refractivity (Wildman–Crippen MR) is 78.3 cm³/mol. The molecule has 0 spiro atoms. The van der Waals surface area contributed by atoms with Gasteiger partial charge in [-0.3, -0.25) is 4.79 Å². The van der Waals surface area contributed by atoms with Crippen LogP contribution in [0.5, 0.6) is 5.75 Å². The van der Waals surface area contributed by atoms with Crippen LogP contribution in [0.2, 0.25) is 0 Å². The van der Waals surface area contributed by atoms with Gasteiger partial charge in [0.05, 0.1) is 7.11 Å². The predicted octanol–water partition coefficient (Wildman–Crippen LogP) is 2.18. The second-order valence-electron chi connectivity index (χ2n) is 5.36. The van der Waals surface area contributed by atoms with Crippen molar-refractivity contribution in [1.82, 2.24) is 4.90 Å². The van der Waals surface area contributed by atoms with Gasteiger partial charge in [0.15, 0.2) is 5.54 Å². The van der Waals surface area contributed by atoms with Crippen molar-refractivity contribution < 1.29 is 19.4 Å². The largest absolute Gasteiger partial charge is 0.497 e. The highest BCUT2D eigenvalue weighted by molar-refractivity contribution is 5.89. The lowest BCUT2D eigenvalue weighted by Crippen LogP contribution is -2.53. The smallest absolute Gasteiger partial charge is 0.334 e. The van der Waals surface area contributed by atoms with Gasteiger partial charge in [0, 0.05) is 13.5 Å². The molecule has 0 bridgehead atoms. The number of hydrogen-bond donors (Lipinski definition) is 1. The lowest BCUT2D eigenvalue weighted by atomic mass is 9.89. The maximum Gasteiger partial charge on any atom is 0.334 e. The molecule has 0 aromatic heterocycles. The summed E-state index contributed by atoms with van der Waals surface area (Å²) in [5, 5.41) is 9.89. The van der Waals surface area contributed by atoms with Gasteiger partial charge < -0.3 is 14.7 Å². The minimum Gasteiger partial charge on any atom is -0.497 e. The Kier molecular flexibility index (Phi) is 4.21. The highest BCUT2D eigenvalue weighted by Crippen LogP contribution is 2.43. The summed E-state index contributed by atoms with van der Waals surface area (Å²) in [6.45, 7) is 3.80. The molecule has 5 nitrogen and oxygen atoms in total. The molecule has 1 aliphatic rings. The van der Waals surface area contributed by atoms with Crippen LogP contribution >= 0.6 is 0 Å². The van der Waals surface area contributed by atoms with Crippen molar-refractivity contribution in [3.05, 3.63) is 29.3 Å². The Morgan fingerprint density at radius 1 is 1.43 bits per heavy atom. The summed E-state index contributed by atoms with van der Waals surface area (Å²) < 4.78 is 5.22. The average Bonchev–Trinajstić information content (AvgIpc) is 2.83. The Bertz CT molecular complexity index is 569. The van der Waals surface area contributed by atoms with Gasteiger partial charge in [-0.25, -0.2) is 4.79 Å². The molecule has 21 heavy (non-hydrogen) atoms. The Morgan fingerprint density at radius 2 is 2.14 bits per heavy atom. The number of amides is 1. The SMILES string of the molecule is CCCN(C(C)=O)C1(C(=O)O)CCc2ccc(OC)cc21. The van der Waals surface area contributed by atoms with Gasteiger partial charge in [-0.15, -0.1) is 0 Å². The molecule has 5 heteroatoms. The average molecular weight is 291 g/mol. The number of benzene rings is 1. The van der Waals surface area contributed by atoms with Gasteiger partial charge in [0.2, 0.25) is 5.91 Å². The van der Waals surface area contributed by atoms with E-state index in [2.05, 4.69) is 0 Å². The van der Waals surface area contributed by atoms with Gasteiger partial charge in [-0.2, -0.15) is 0 Å². The normalized spacial score (nSPS) is 20.0. The fourth-order valence-corrected chi connectivity index (χ4v) is 3.19. The van der Waals surface area contributed by atoms with Gasteiger partial charge in [-0.05, 0) is 42.5 Å². The van der Waals surface area contributed by atoms with E-state index in [9.17, 15) is 14.7 Å². The van der Waals surface area contributed by atoms with Crippen LogP contribution in [0.4, 0.5) is 0 Å². The maximum atomic E-state index is 12.1. The Hall–Kier alpha value is -2.04. The first-order chi connectivity index (χ1) is 9.97. The van der Waals surface area contributed by atoms with Crippen molar-refractivity contribution in [3.63, 3.8) is 0 Å². The standard InChI is InChI=1S/C16H21NO4/c1-4-9-17(11(2)18)16(15(19)20)8-7-12-5-6-13(21-3)10-14(12)16/h5-6,10H,4,7-9H2,1-3H3,(H,19,20). The molecular weight excluding hydrogens is 270 g/mol. The molecule has 0 saturated heterocycles. The van der Waals surface area contributed by atoms with E-state index in [1.54, 1.807) is 13.2 Å². The zero-order valence-corrected chi connectivity index (χ0v) is 12.7. The van der Waals surface area contributed by atoms with Crippen LogP contribution in [-0.2, 0) is 21.5 Å². The number of methoxy groups -OCH3 is 1. The van der Waals surface area contributed by atoms with Gasteiger partial charge in [0.1, 0.15) is 5.75 Å². The lowest BCUT2D eigenvalue weighted by molar-refractivity contribution is -0.159. The van der Waals surface area contributed by atoms with Crippen LogP contribution in [0, 0.1) is 0 Å². The van der Waals surface area contributed by atoms with Crippen LogP contribution < -0.4 is 4.74 Å². The van der Waals surface area contributed by atoms with Gasteiger partial charge >= 0.3 is 5.97 Å². The van der Waals surface area contributed by atoms with E-state index in [-0.39, 0.29) is 5.91 Å². The van der Waals surface area contributed by atoms with Gasteiger partial charge in [-0.1, -0.05) is 13.0 Å². The number of carbonyl (C=O) groups excluding carboxylic acids is 1. The molecule has 1 N–H and O–H groups in total. The third-order valence-corrected chi connectivity index (χ3v) is 4.16. The number of aliphatic carboxylic acids is 1. The maximum absolute atomic E-state index is 12.1. The van der Waals surface area contributed by atoms with E-state index in [1.165, 1.54) is 11.8 Å². The van der Waals surface area contributed by atoms with Crippen molar-refractivity contribution in [2.75, 3.05) is 13.7 Å². The molecule has 1 amide bonds. The summed E-state index contributed by atoms with van der Waals surface area (Å²) >= 11 is 0. The number of rotatable bonds is 5. The zero-order chi connectivity index (χ0) is 15.6. The van der Waals surface area contributed by atoms with Crippen LogP contribution in [0.25, 0.3) is 0 Å². The lowest BCUT2D eigenvalue weighted by Gasteiger charge is -2.38. The third-order valence-electron chi connectivity index (χ3n) is 4.16. The number of carboxylic acid groups (broad SMARTS) is 1. The number of aryl methyl sites for hydroxylation is 1. The summed E-state index contributed by atoms with van der Waals surface area (Å²) in [6, 6.07) is 5.47. The molecule has 0 aliphatic heterocycles. The molecule has 0 fully saturated rings. The fraction of sp³-hybridized carbons (Fsp3) is 0.500. The van der Waals surface area contributed by atoms with Crippen LogP contribution in [0.3, 0.4) is 0 Å². The van der Waals surface area contributed by atoms with E-state index in [4.69, 9.17) is 4.74 Å². The minimum atomic E-state index is -1.27. The molecule has 0 heterocycles. The summed E-state index contributed by atoms with van der Waals surface area (Å²) in [7, 11) is 1.55. The van der Waals surface area contributed by atoms with Crippen molar-refractivity contribution in [2.45, 2.75) is 38.6 Å². The quantitative estimate of drug-likeness (QED) is 0.903. The van der Waals surface area contributed by atoms with Crippen LogP contribution in [0.15, 0.2) is 18.2 Å².